The molecule has 1 aliphatic heterocycles. The number of nitrogens with zero attached hydrogens (tertiary/aromatic N) is 4. The summed E-state index contributed by atoms with van der Waals surface area (Å²) in [7, 11) is 3.55. The predicted molar refractivity (Wildman–Crippen MR) is 117 cm³/mol. The molecule has 1 aromatic carbocycles. The predicted octanol–water partition coefficient (Wildman–Crippen LogP) is 3.37. The molecule has 3 heterocycles. The molecule has 0 bridgehead atoms. The first-order chi connectivity index (χ1) is 15.0. The molecule has 1 aliphatic rings. The summed E-state index contributed by atoms with van der Waals surface area (Å²) in [5, 5.41) is 9.22. The van der Waals surface area contributed by atoms with Gasteiger partial charge in [-0.2, -0.15) is 0 Å². The van der Waals surface area contributed by atoms with Crippen LogP contribution in [-0.4, -0.2) is 51.2 Å². The van der Waals surface area contributed by atoms with Crippen molar-refractivity contribution in [1.29, 1.82) is 0 Å². The SMILES string of the molecule is COCCn1c(C)cc(C(=O)CSc2nnc(C3COc4ccccc4O3)n2C)c1C. The van der Waals surface area contributed by atoms with Crippen LogP contribution in [0.3, 0.4) is 0 Å². The number of fused-ring (bicyclic) bond motifs is 1. The van der Waals surface area contributed by atoms with Crippen LogP contribution < -0.4 is 9.47 Å². The third kappa shape index (κ3) is 4.33. The Balaban J connectivity index is 1.42. The molecule has 0 aliphatic carbocycles. The molecule has 8 nitrogen and oxygen atoms in total. The van der Waals surface area contributed by atoms with Gasteiger partial charge < -0.3 is 23.3 Å². The minimum absolute atomic E-state index is 0.0671. The monoisotopic (exact) mass is 442 g/mol. The Kier molecular flexibility index (Phi) is 6.33. The second kappa shape index (κ2) is 9.15. The Morgan fingerprint density at radius 2 is 2.03 bits per heavy atom. The molecule has 9 heteroatoms. The van der Waals surface area contributed by atoms with Crippen molar-refractivity contribution >= 4 is 17.5 Å². The lowest BCUT2D eigenvalue weighted by Gasteiger charge is -2.25. The molecule has 4 rings (SSSR count). The highest BCUT2D eigenvalue weighted by Gasteiger charge is 2.27. The smallest absolute Gasteiger partial charge is 0.192 e. The molecule has 0 fully saturated rings. The van der Waals surface area contributed by atoms with Crippen LogP contribution in [0.15, 0.2) is 35.5 Å². The number of hydrogen-bond donors (Lipinski definition) is 0. The Morgan fingerprint density at radius 1 is 1.26 bits per heavy atom. The first kappa shape index (κ1) is 21.5. The summed E-state index contributed by atoms with van der Waals surface area (Å²) in [5.74, 6) is 2.43. The lowest BCUT2D eigenvalue weighted by Crippen LogP contribution is -2.24. The van der Waals surface area contributed by atoms with Crippen molar-refractivity contribution in [3.8, 4) is 11.5 Å². The molecule has 31 heavy (non-hydrogen) atoms. The van der Waals surface area contributed by atoms with Gasteiger partial charge in [-0.25, -0.2) is 0 Å². The van der Waals surface area contributed by atoms with E-state index in [1.54, 1.807) is 7.11 Å². The molecule has 0 radical (unpaired) electrons. The van der Waals surface area contributed by atoms with Gasteiger partial charge in [0.15, 0.2) is 34.4 Å². The number of rotatable bonds is 8. The zero-order valence-corrected chi connectivity index (χ0v) is 18.9. The van der Waals surface area contributed by atoms with Crippen LogP contribution in [0.1, 0.15) is 33.7 Å². The van der Waals surface area contributed by atoms with E-state index in [9.17, 15) is 4.79 Å². The van der Waals surface area contributed by atoms with Crippen LogP contribution in [0.5, 0.6) is 11.5 Å². The topological polar surface area (TPSA) is 80.4 Å². The minimum atomic E-state index is -0.350. The van der Waals surface area contributed by atoms with Crippen molar-refractivity contribution in [2.45, 2.75) is 31.7 Å². The van der Waals surface area contributed by atoms with Crippen molar-refractivity contribution < 1.29 is 19.0 Å². The summed E-state index contributed by atoms with van der Waals surface area (Å²) in [6, 6.07) is 9.50. The number of aryl methyl sites for hydroxylation is 1. The average molecular weight is 443 g/mol. The van der Waals surface area contributed by atoms with Crippen molar-refractivity contribution in [3.63, 3.8) is 0 Å². The van der Waals surface area contributed by atoms with Crippen LogP contribution >= 0.6 is 11.8 Å². The molecule has 0 amide bonds. The van der Waals surface area contributed by atoms with Gasteiger partial charge >= 0.3 is 0 Å². The number of Topliss-reactive ketones (excluding diaryl/α,β-unsaturated/α-hetero) is 1. The number of ketones is 1. The van der Waals surface area contributed by atoms with Gasteiger partial charge in [0.1, 0.15) is 6.61 Å². The summed E-state index contributed by atoms with van der Waals surface area (Å²) in [6.45, 7) is 5.68. The van der Waals surface area contributed by atoms with E-state index < -0.39 is 0 Å². The number of benzene rings is 1. The molecule has 0 saturated carbocycles. The second-order valence-corrected chi connectivity index (χ2v) is 8.35. The highest BCUT2D eigenvalue weighted by Crippen LogP contribution is 2.35. The lowest BCUT2D eigenvalue weighted by molar-refractivity contribution is 0.0825. The minimum Gasteiger partial charge on any atom is -0.485 e. The van der Waals surface area contributed by atoms with E-state index in [1.165, 1.54) is 11.8 Å². The quantitative estimate of drug-likeness (QED) is 0.391. The van der Waals surface area contributed by atoms with Gasteiger partial charge in [0.05, 0.1) is 12.4 Å². The third-order valence-electron chi connectivity index (χ3n) is 5.39. The third-order valence-corrected chi connectivity index (χ3v) is 6.41. The number of ether oxygens (including phenoxy) is 3. The van der Waals surface area contributed by atoms with Crippen LogP contribution in [0.25, 0.3) is 0 Å². The van der Waals surface area contributed by atoms with E-state index in [0.29, 0.717) is 29.9 Å². The first-order valence-electron chi connectivity index (χ1n) is 10.1. The summed E-state index contributed by atoms with van der Waals surface area (Å²) in [4.78, 5) is 12.9. The van der Waals surface area contributed by atoms with Crippen LogP contribution in [-0.2, 0) is 18.3 Å². The maximum absolute atomic E-state index is 12.9. The van der Waals surface area contributed by atoms with Gasteiger partial charge in [-0.05, 0) is 32.0 Å². The normalized spacial score (nSPS) is 15.3. The van der Waals surface area contributed by atoms with Crippen LogP contribution in [0.4, 0.5) is 0 Å². The second-order valence-electron chi connectivity index (χ2n) is 7.41. The number of hydrogen-bond acceptors (Lipinski definition) is 7. The van der Waals surface area contributed by atoms with Crippen molar-refractivity contribution in [2.24, 2.45) is 7.05 Å². The number of methoxy groups -OCH3 is 1. The largest absolute Gasteiger partial charge is 0.485 e. The molecule has 2 aromatic heterocycles. The highest BCUT2D eigenvalue weighted by molar-refractivity contribution is 7.99. The average Bonchev–Trinajstić information content (AvgIpc) is 3.29. The Bertz CT molecular complexity index is 1090. The number of para-hydroxylation sites is 2. The van der Waals surface area contributed by atoms with Gasteiger partial charge in [0, 0.05) is 37.7 Å². The lowest BCUT2D eigenvalue weighted by atomic mass is 10.2. The van der Waals surface area contributed by atoms with Crippen molar-refractivity contribution in [3.05, 3.63) is 53.1 Å². The van der Waals surface area contributed by atoms with Crippen molar-refractivity contribution in [1.82, 2.24) is 19.3 Å². The Morgan fingerprint density at radius 3 is 2.81 bits per heavy atom. The molecular weight excluding hydrogens is 416 g/mol. The molecule has 0 spiro atoms. The fourth-order valence-electron chi connectivity index (χ4n) is 3.70. The fraction of sp³-hybridized carbons (Fsp3) is 0.409. The summed E-state index contributed by atoms with van der Waals surface area (Å²) >= 11 is 1.37. The van der Waals surface area contributed by atoms with Crippen LogP contribution in [0, 0.1) is 13.8 Å². The molecule has 164 valence electrons. The van der Waals surface area contributed by atoms with E-state index >= 15 is 0 Å². The number of carbonyl (C=O) groups excluding carboxylic acids is 1. The highest BCUT2D eigenvalue weighted by atomic mass is 32.2. The molecule has 1 atom stereocenters. The number of aromatic nitrogens is 4. The zero-order chi connectivity index (χ0) is 22.0. The van der Waals surface area contributed by atoms with Crippen molar-refractivity contribution in [2.75, 3.05) is 26.1 Å². The summed E-state index contributed by atoms with van der Waals surface area (Å²) < 4.78 is 21.0. The fourth-order valence-corrected chi connectivity index (χ4v) is 4.50. The van der Waals surface area contributed by atoms with E-state index in [0.717, 1.165) is 29.2 Å². The van der Waals surface area contributed by atoms with Gasteiger partial charge in [-0.1, -0.05) is 23.9 Å². The Labute approximate surface area is 185 Å². The molecule has 3 aromatic rings. The maximum Gasteiger partial charge on any atom is 0.192 e. The van der Waals surface area contributed by atoms with Gasteiger partial charge in [-0.3, -0.25) is 4.79 Å². The van der Waals surface area contributed by atoms with E-state index in [-0.39, 0.29) is 17.6 Å². The van der Waals surface area contributed by atoms with Crippen LogP contribution in [0.2, 0.25) is 0 Å². The van der Waals surface area contributed by atoms with Gasteiger partial charge in [0.2, 0.25) is 0 Å². The standard InChI is InChI=1S/C22H26N4O4S/c1-14-11-16(15(2)26(14)9-10-28-4)17(27)13-31-22-24-23-21(25(22)3)20-12-29-18-7-5-6-8-19(18)30-20/h5-8,11,20H,9-10,12-13H2,1-4H3. The molecular formula is C22H26N4O4S. The maximum atomic E-state index is 12.9. The van der Waals surface area contributed by atoms with E-state index in [2.05, 4.69) is 14.8 Å². The number of thioether (sulfide) groups is 1. The van der Waals surface area contributed by atoms with E-state index in [4.69, 9.17) is 14.2 Å². The first-order valence-corrected chi connectivity index (χ1v) is 11.1. The molecule has 0 N–H and O–H groups in total. The Hall–Kier alpha value is -2.78. The zero-order valence-electron chi connectivity index (χ0n) is 18.1. The summed E-state index contributed by atoms with van der Waals surface area (Å²) in [5.41, 5.74) is 2.76. The van der Waals surface area contributed by atoms with E-state index in [1.807, 2.05) is 55.8 Å². The van der Waals surface area contributed by atoms with Gasteiger partial charge in [-0.15, -0.1) is 10.2 Å². The molecule has 1 unspecified atom stereocenters. The summed E-state index contributed by atoms with van der Waals surface area (Å²) in [6.07, 6.45) is -0.350. The molecule has 0 saturated heterocycles. The number of carbonyl (C=O) groups is 1. The van der Waals surface area contributed by atoms with Gasteiger partial charge in [0.25, 0.3) is 0 Å².